The van der Waals surface area contributed by atoms with E-state index in [-0.39, 0.29) is 11.8 Å². The van der Waals surface area contributed by atoms with Crippen LogP contribution in [0.1, 0.15) is 37.0 Å². The SMILES string of the molecule is CC(C(=O)c1ccc(Cl)cc1Cl)N(C)C(C)C1CC1. The van der Waals surface area contributed by atoms with E-state index in [1.54, 1.807) is 18.2 Å². The van der Waals surface area contributed by atoms with Gasteiger partial charge in [-0.25, -0.2) is 0 Å². The molecule has 0 N–H and O–H groups in total. The molecular formula is C15H19Cl2NO. The first-order valence-electron chi connectivity index (χ1n) is 6.63. The third-order valence-corrected chi connectivity index (χ3v) is 4.68. The molecule has 0 bridgehead atoms. The minimum atomic E-state index is -0.172. The van der Waals surface area contributed by atoms with E-state index in [9.17, 15) is 4.79 Å². The summed E-state index contributed by atoms with van der Waals surface area (Å²) in [6.07, 6.45) is 2.54. The molecule has 1 saturated carbocycles. The van der Waals surface area contributed by atoms with Gasteiger partial charge in [-0.15, -0.1) is 0 Å². The summed E-state index contributed by atoms with van der Waals surface area (Å²) in [6.45, 7) is 4.12. The molecule has 2 unspecified atom stereocenters. The molecule has 0 aliphatic heterocycles. The van der Waals surface area contributed by atoms with Gasteiger partial charge in [0.2, 0.25) is 0 Å². The lowest BCUT2D eigenvalue weighted by Crippen LogP contribution is -2.42. The second kappa shape index (κ2) is 5.82. The van der Waals surface area contributed by atoms with Crippen molar-refractivity contribution < 1.29 is 4.79 Å². The summed E-state index contributed by atoms with van der Waals surface area (Å²) >= 11 is 12.0. The van der Waals surface area contributed by atoms with Crippen LogP contribution in [0.15, 0.2) is 18.2 Å². The van der Waals surface area contributed by atoms with Crippen LogP contribution in [-0.2, 0) is 0 Å². The van der Waals surface area contributed by atoms with Crippen molar-refractivity contribution in [2.24, 2.45) is 5.92 Å². The smallest absolute Gasteiger partial charge is 0.181 e. The van der Waals surface area contributed by atoms with E-state index in [0.717, 1.165) is 5.92 Å². The van der Waals surface area contributed by atoms with E-state index in [4.69, 9.17) is 23.2 Å². The zero-order chi connectivity index (χ0) is 14.2. The summed E-state index contributed by atoms with van der Waals surface area (Å²) < 4.78 is 0. The number of hydrogen-bond donors (Lipinski definition) is 0. The molecule has 104 valence electrons. The van der Waals surface area contributed by atoms with Gasteiger partial charge in [0.25, 0.3) is 0 Å². The Bertz CT molecular complexity index is 485. The Morgan fingerprint density at radius 3 is 2.47 bits per heavy atom. The van der Waals surface area contributed by atoms with Crippen molar-refractivity contribution in [1.29, 1.82) is 0 Å². The first-order chi connectivity index (χ1) is 8.91. The Labute approximate surface area is 124 Å². The number of Topliss-reactive ketones (excluding diaryl/α,β-unsaturated/α-hetero) is 1. The van der Waals surface area contributed by atoms with Crippen LogP contribution in [0.4, 0.5) is 0 Å². The maximum Gasteiger partial charge on any atom is 0.181 e. The fourth-order valence-electron chi connectivity index (χ4n) is 2.36. The van der Waals surface area contributed by atoms with Crippen LogP contribution >= 0.6 is 23.2 Å². The fourth-order valence-corrected chi connectivity index (χ4v) is 2.86. The number of nitrogens with zero attached hydrogens (tertiary/aromatic N) is 1. The molecule has 0 aromatic heterocycles. The Balaban J connectivity index is 2.13. The molecule has 1 aliphatic rings. The third kappa shape index (κ3) is 3.31. The van der Waals surface area contributed by atoms with Crippen molar-refractivity contribution in [3.8, 4) is 0 Å². The zero-order valence-electron chi connectivity index (χ0n) is 11.5. The van der Waals surface area contributed by atoms with Gasteiger partial charge >= 0.3 is 0 Å². The first kappa shape index (κ1) is 14.8. The van der Waals surface area contributed by atoms with E-state index < -0.39 is 0 Å². The van der Waals surface area contributed by atoms with Crippen molar-refractivity contribution in [3.63, 3.8) is 0 Å². The van der Waals surface area contributed by atoms with Crippen molar-refractivity contribution in [1.82, 2.24) is 4.90 Å². The second-order valence-corrected chi connectivity index (χ2v) is 6.25. The highest BCUT2D eigenvalue weighted by Crippen LogP contribution is 2.35. The average Bonchev–Trinajstić information content (AvgIpc) is 3.19. The van der Waals surface area contributed by atoms with Crippen molar-refractivity contribution >= 4 is 29.0 Å². The first-order valence-corrected chi connectivity index (χ1v) is 7.38. The number of ketones is 1. The van der Waals surface area contributed by atoms with E-state index in [2.05, 4.69) is 11.8 Å². The van der Waals surface area contributed by atoms with Gasteiger partial charge in [0.05, 0.1) is 11.1 Å². The van der Waals surface area contributed by atoms with Crippen molar-refractivity contribution in [2.45, 2.75) is 38.8 Å². The standard InChI is InChI=1S/C15H19Cl2NO/c1-9(11-4-5-11)18(3)10(2)15(19)13-7-6-12(16)8-14(13)17/h6-11H,4-5H2,1-3H3. The van der Waals surface area contributed by atoms with Gasteiger partial charge in [0.15, 0.2) is 5.78 Å². The molecule has 2 atom stereocenters. The Hall–Kier alpha value is -0.570. The van der Waals surface area contributed by atoms with Gasteiger partial charge in [-0.1, -0.05) is 23.2 Å². The lowest BCUT2D eigenvalue weighted by atomic mass is 10.0. The van der Waals surface area contributed by atoms with Gasteiger partial charge in [-0.3, -0.25) is 9.69 Å². The molecule has 2 rings (SSSR count). The van der Waals surface area contributed by atoms with E-state index in [0.29, 0.717) is 21.7 Å². The Morgan fingerprint density at radius 1 is 1.32 bits per heavy atom. The van der Waals surface area contributed by atoms with Crippen molar-refractivity contribution in [3.05, 3.63) is 33.8 Å². The maximum absolute atomic E-state index is 12.5. The predicted molar refractivity (Wildman–Crippen MR) is 80.2 cm³/mol. The highest BCUT2D eigenvalue weighted by molar-refractivity contribution is 6.37. The highest BCUT2D eigenvalue weighted by Gasteiger charge is 2.34. The molecule has 0 amide bonds. The molecule has 0 radical (unpaired) electrons. The molecule has 2 nitrogen and oxygen atoms in total. The summed E-state index contributed by atoms with van der Waals surface area (Å²) in [4.78, 5) is 14.6. The van der Waals surface area contributed by atoms with Gasteiger partial charge < -0.3 is 0 Å². The molecule has 0 spiro atoms. The van der Waals surface area contributed by atoms with E-state index in [1.807, 2.05) is 14.0 Å². The largest absolute Gasteiger partial charge is 0.294 e. The second-order valence-electron chi connectivity index (χ2n) is 5.41. The van der Waals surface area contributed by atoms with Gasteiger partial charge in [-0.05, 0) is 57.9 Å². The molecule has 1 fully saturated rings. The normalized spacial score (nSPS) is 18.4. The summed E-state index contributed by atoms with van der Waals surface area (Å²) in [5.41, 5.74) is 0.549. The van der Waals surface area contributed by atoms with Gasteiger partial charge in [0.1, 0.15) is 0 Å². The number of benzene rings is 1. The van der Waals surface area contributed by atoms with Crippen LogP contribution in [0.5, 0.6) is 0 Å². The van der Waals surface area contributed by atoms with Crippen LogP contribution in [0.3, 0.4) is 0 Å². The molecule has 1 aromatic carbocycles. The number of carbonyl (C=O) groups excluding carboxylic acids is 1. The molecule has 4 heteroatoms. The van der Waals surface area contributed by atoms with Crippen molar-refractivity contribution in [2.75, 3.05) is 7.05 Å². The Kier molecular flexibility index (Phi) is 4.54. The summed E-state index contributed by atoms with van der Waals surface area (Å²) in [5, 5.41) is 0.978. The quantitative estimate of drug-likeness (QED) is 0.756. The summed E-state index contributed by atoms with van der Waals surface area (Å²) in [7, 11) is 2.01. The minimum Gasteiger partial charge on any atom is -0.294 e. The topological polar surface area (TPSA) is 20.3 Å². The van der Waals surface area contributed by atoms with E-state index in [1.165, 1.54) is 12.8 Å². The van der Waals surface area contributed by atoms with Crippen LogP contribution in [0, 0.1) is 5.92 Å². The number of carbonyl (C=O) groups is 1. The lowest BCUT2D eigenvalue weighted by Gasteiger charge is -2.30. The lowest BCUT2D eigenvalue weighted by molar-refractivity contribution is 0.0812. The Morgan fingerprint density at radius 2 is 1.95 bits per heavy atom. The predicted octanol–water partition coefficient (Wildman–Crippen LogP) is 4.29. The zero-order valence-corrected chi connectivity index (χ0v) is 13.0. The molecule has 0 saturated heterocycles. The monoisotopic (exact) mass is 299 g/mol. The van der Waals surface area contributed by atoms with Crippen LogP contribution in [0.25, 0.3) is 0 Å². The number of halogens is 2. The summed E-state index contributed by atoms with van der Waals surface area (Å²) in [6, 6.07) is 5.30. The van der Waals surface area contributed by atoms with E-state index >= 15 is 0 Å². The fraction of sp³-hybridized carbons (Fsp3) is 0.533. The summed E-state index contributed by atoms with van der Waals surface area (Å²) in [5.74, 6) is 0.789. The number of likely N-dealkylation sites (N-methyl/N-ethyl adjacent to an activating group) is 1. The maximum atomic E-state index is 12.5. The van der Waals surface area contributed by atoms with Crippen LogP contribution < -0.4 is 0 Å². The molecule has 0 heterocycles. The number of rotatable bonds is 5. The number of hydrogen-bond acceptors (Lipinski definition) is 2. The third-order valence-electron chi connectivity index (χ3n) is 4.13. The molecular weight excluding hydrogens is 281 g/mol. The average molecular weight is 300 g/mol. The van der Waals surface area contributed by atoms with Crippen LogP contribution in [0.2, 0.25) is 10.0 Å². The van der Waals surface area contributed by atoms with Crippen LogP contribution in [-0.4, -0.2) is 29.8 Å². The van der Waals surface area contributed by atoms with Gasteiger partial charge in [0, 0.05) is 16.6 Å². The molecule has 1 aromatic rings. The molecule has 1 aliphatic carbocycles. The molecule has 19 heavy (non-hydrogen) atoms. The minimum absolute atomic E-state index is 0.0525. The van der Waals surface area contributed by atoms with Gasteiger partial charge in [-0.2, -0.15) is 0 Å². The highest BCUT2D eigenvalue weighted by atomic mass is 35.5.